The van der Waals surface area contributed by atoms with Crippen molar-refractivity contribution in [3.8, 4) is 5.69 Å². The zero-order valence-electron chi connectivity index (χ0n) is 14.3. The van der Waals surface area contributed by atoms with Gasteiger partial charge in [0.15, 0.2) is 0 Å². The van der Waals surface area contributed by atoms with E-state index in [0.29, 0.717) is 25.3 Å². The van der Waals surface area contributed by atoms with Crippen LogP contribution in [0.4, 0.5) is 5.82 Å². The molecule has 124 valence electrons. The normalized spacial score (nSPS) is 11.5. The first-order chi connectivity index (χ1) is 10.8. The molecule has 23 heavy (non-hydrogen) atoms. The molecule has 0 aliphatic carbocycles. The fraction of sp³-hybridized carbons (Fsp3) is 0.444. The summed E-state index contributed by atoms with van der Waals surface area (Å²) < 4.78 is 6.68. The topological polar surface area (TPSA) is 70.1 Å². The summed E-state index contributed by atoms with van der Waals surface area (Å²) in [6.07, 6.45) is 1.06. The molecule has 0 fully saturated rings. The first-order valence-corrected chi connectivity index (χ1v) is 7.92. The van der Waals surface area contributed by atoms with Crippen molar-refractivity contribution in [3.05, 3.63) is 41.6 Å². The van der Waals surface area contributed by atoms with Gasteiger partial charge in [0.05, 0.1) is 18.0 Å². The van der Waals surface area contributed by atoms with Crippen LogP contribution in [0.1, 0.15) is 45.4 Å². The highest BCUT2D eigenvalue weighted by Gasteiger charge is 2.19. The third kappa shape index (κ3) is 4.34. The maximum Gasteiger partial charge on any atom is 0.306 e. The molecule has 2 aromatic rings. The zero-order chi connectivity index (χ0) is 17.0. The second-order valence-corrected chi connectivity index (χ2v) is 6.59. The lowest BCUT2D eigenvalue weighted by Crippen LogP contribution is -2.12. The predicted octanol–water partition coefficient (Wildman–Crippen LogP) is 3.25. The van der Waals surface area contributed by atoms with Gasteiger partial charge < -0.3 is 10.5 Å². The van der Waals surface area contributed by atoms with Crippen LogP contribution in [0.15, 0.2) is 30.3 Å². The molecule has 2 rings (SSSR count). The number of ether oxygens (including phenoxy) is 1. The molecule has 0 saturated heterocycles. The van der Waals surface area contributed by atoms with Crippen molar-refractivity contribution < 1.29 is 9.53 Å². The van der Waals surface area contributed by atoms with Gasteiger partial charge in [0.2, 0.25) is 0 Å². The number of hydrogen-bond acceptors (Lipinski definition) is 4. The summed E-state index contributed by atoms with van der Waals surface area (Å²) >= 11 is 0. The third-order valence-electron chi connectivity index (χ3n) is 3.61. The number of aryl methyl sites for hydroxylation is 1. The van der Waals surface area contributed by atoms with E-state index in [4.69, 9.17) is 10.5 Å². The van der Waals surface area contributed by atoms with Crippen LogP contribution >= 0.6 is 0 Å². The summed E-state index contributed by atoms with van der Waals surface area (Å²) in [7, 11) is 0. The van der Waals surface area contributed by atoms with Crippen molar-refractivity contribution >= 4 is 11.8 Å². The Morgan fingerprint density at radius 2 is 1.91 bits per heavy atom. The Labute approximate surface area is 137 Å². The molecule has 1 heterocycles. The fourth-order valence-corrected chi connectivity index (χ4v) is 2.25. The Balaban J connectivity index is 2.11. The molecule has 0 radical (unpaired) electrons. The quantitative estimate of drug-likeness (QED) is 0.860. The SMILES string of the molecule is CCOC(=O)CCc1ccc(-n2nc(C(C)(C)C)cc2N)cc1. The molecule has 5 nitrogen and oxygen atoms in total. The monoisotopic (exact) mass is 315 g/mol. The Kier molecular flexibility index (Phi) is 5.08. The van der Waals surface area contributed by atoms with Crippen LogP contribution in [0.3, 0.4) is 0 Å². The molecular weight excluding hydrogens is 290 g/mol. The van der Waals surface area contributed by atoms with Gasteiger partial charge in [-0.05, 0) is 31.0 Å². The number of nitrogen functional groups attached to an aromatic ring is 1. The van der Waals surface area contributed by atoms with Crippen molar-refractivity contribution in [1.82, 2.24) is 9.78 Å². The highest BCUT2D eigenvalue weighted by atomic mass is 16.5. The van der Waals surface area contributed by atoms with Gasteiger partial charge in [-0.15, -0.1) is 0 Å². The van der Waals surface area contributed by atoms with Gasteiger partial charge in [-0.25, -0.2) is 4.68 Å². The fourth-order valence-electron chi connectivity index (χ4n) is 2.25. The third-order valence-corrected chi connectivity index (χ3v) is 3.61. The maximum absolute atomic E-state index is 11.4. The highest BCUT2D eigenvalue weighted by molar-refractivity contribution is 5.69. The van der Waals surface area contributed by atoms with Crippen molar-refractivity contribution in [2.75, 3.05) is 12.3 Å². The van der Waals surface area contributed by atoms with E-state index in [1.807, 2.05) is 37.3 Å². The molecule has 0 atom stereocenters. The van der Waals surface area contributed by atoms with Crippen LogP contribution in [0.25, 0.3) is 5.69 Å². The van der Waals surface area contributed by atoms with E-state index < -0.39 is 0 Å². The number of rotatable bonds is 5. The molecular formula is C18H25N3O2. The van der Waals surface area contributed by atoms with E-state index in [-0.39, 0.29) is 11.4 Å². The Morgan fingerprint density at radius 1 is 1.26 bits per heavy atom. The first kappa shape index (κ1) is 17.1. The van der Waals surface area contributed by atoms with Gasteiger partial charge in [-0.2, -0.15) is 5.10 Å². The standard InChI is InChI=1S/C18H25N3O2/c1-5-23-17(22)11-8-13-6-9-14(10-7-13)21-16(19)12-15(20-21)18(2,3)4/h6-7,9-10,12H,5,8,11,19H2,1-4H3. The van der Waals surface area contributed by atoms with E-state index in [1.54, 1.807) is 4.68 Å². The van der Waals surface area contributed by atoms with Gasteiger partial charge in [0.25, 0.3) is 0 Å². The number of nitrogens with zero attached hydrogens (tertiary/aromatic N) is 2. The minimum Gasteiger partial charge on any atom is -0.466 e. The predicted molar refractivity (Wildman–Crippen MR) is 91.6 cm³/mol. The van der Waals surface area contributed by atoms with Gasteiger partial charge in [-0.1, -0.05) is 32.9 Å². The molecule has 0 saturated carbocycles. The van der Waals surface area contributed by atoms with Gasteiger partial charge in [0.1, 0.15) is 5.82 Å². The van der Waals surface area contributed by atoms with Crippen LogP contribution in [-0.4, -0.2) is 22.4 Å². The minimum atomic E-state index is -0.164. The highest BCUT2D eigenvalue weighted by Crippen LogP contribution is 2.24. The maximum atomic E-state index is 11.4. The lowest BCUT2D eigenvalue weighted by atomic mass is 9.92. The Hall–Kier alpha value is -2.30. The van der Waals surface area contributed by atoms with Crippen molar-refractivity contribution in [1.29, 1.82) is 0 Å². The summed E-state index contributed by atoms with van der Waals surface area (Å²) in [5, 5.41) is 4.60. The molecule has 5 heteroatoms. The molecule has 0 unspecified atom stereocenters. The molecule has 1 aromatic heterocycles. The second kappa shape index (κ2) is 6.86. The average Bonchev–Trinajstić information content (AvgIpc) is 2.88. The summed E-state index contributed by atoms with van der Waals surface area (Å²) in [6, 6.07) is 9.83. The minimum absolute atomic E-state index is 0.0427. The molecule has 0 aliphatic rings. The lowest BCUT2D eigenvalue weighted by molar-refractivity contribution is -0.143. The van der Waals surface area contributed by atoms with E-state index in [9.17, 15) is 4.79 Å². The summed E-state index contributed by atoms with van der Waals surface area (Å²) in [5.41, 5.74) is 9.00. The smallest absolute Gasteiger partial charge is 0.306 e. The number of nitrogens with two attached hydrogens (primary N) is 1. The Bertz CT molecular complexity index is 667. The molecule has 0 spiro atoms. The van der Waals surface area contributed by atoms with E-state index in [1.165, 1.54) is 0 Å². The van der Waals surface area contributed by atoms with Crippen molar-refractivity contribution in [2.24, 2.45) is 0 Å². The number of esters is 1. The number of benzene rings is 1. The van der Waals surface area contributed by atoms with Crippen LogP contribution < -0.4 is 5.73 Å². The second-order valence-electron chi connectivity index (χ2n) is 6.59. The van der Waals surface area contributed by atoms with E-state index in [0.717, 1.165) is 16.9 Å². The summed E-state index contributed by atoms with van der Waals surface area (Å²) in [6.45, 7) is 8.56. The van der Waals surface area contributed by atoms with Crippen LogP contribution in [0, 0.1) is 0 Å². The van der Waals surface area contributed by atoms with Gasteiger partial charge >= 0.3 is 5.97 Å². The van der Waals surface area contributed by atoms with E-state index in [2.05, 4.69) is 25.9 Å². The van der Waals surface area contributed by atoms with Crippen LogP contribution in [0.2, 0.25) is 0 Å². The first-order valence-electron chi connectivity index (χ1n) is 7.92. The molecule has 2 N–H and O–H groups in total. The molecule has 0 bridgehead atoms. The van der Waals surface area contributed by atoms with Gasteiger partial charge in [0, 0.05) is 17.9 Å². The summed E-state index contributed by atoms with van der Waals surface area (Å²) in [4.78, 5) is 11.4. The number of aromatic nitrogens is 2. The van der Waals surface area contributed by atoms with Crippen LogP contribution in [0.5, 0.6) is 0 Å². The van der Waals surface area contributed by atoms with Crippen molar-refractivity contribution in [2.45, 2.75) is 46.0 Å². The van der Waals surface area contributed by atoms with Crippen molar-refractivity contribution in [3.63, 3.8) is 0 Å². The average molecular weight is 315 g/mol. The molecule has 1 aromatic carbocycles. The number of carbonyl (C=O) groups excluding carboxylic acids is 1. The largest absolute Gasteiger partial charge is 0.466 e. The number of anilines is 1. The molecule has 0 amide bonds. The lowest BCUT2D eigenvalue weighted by Gasteiger charge is -2.14. The van der Waals surface area contributed by atoms with Gasteiger partial charge in [-0.3, -0.25) is 4.79 Å². The Morgan fingerprint density at radius 3 is 2.43 bits per heavy atom. The summed E-state index contributed by atoms with van der Waals surface area (Å²) in [5.74, 6) is 0.455. The number of hydrogen-bond donors (Lipinski definition) is 1. The zero-order valence-corrected chi connectivity index (χ0v) is 14.3. The molecule has 0 aliphatic heterocycles. The number of carbonyl (C=O) groups is 1. The van der Waals surface area contributed by atoms with Crippen LogP contribution in [-0.2, 0) is 21.4 Å². The van der Waals surface area contributed by atoms with E-state index >= 15 is 0 Å².